The van der Waals surface area contributed by atoms with Crippen molar-refractivity contribution in [2.24, 2.45) is 0 Å². The van der Waals surface area contributed by atoms with Crippen molar-refractivity contribution in [1.29, 1.82) is 0 Å². The summed E-state index contributed by atoms with van der Waals surface area (Å²) in [5, 5.41) is 22.9. The lowest BCUT2D eigenvalue weighted by atomic mass is 10.5. The molecule has 0 fully saturated rings. The molecular formula is C4H3N5O. The van der Waals surface area contributed by atoms with Gasteiger partial charge in [-0.2, -0.15) is 5.10 Å². The van der Waals surface area contributed by atoms with E-state index in [2.05, 4.69) is 20.5 Å². The van der Waals surface area contributed by atoms with Gasteiger partial charge < -0.3 is 5.21 Å². The lowest BCUT2D eigenvalue weighted by Crippen LogP contribution is -1.91. The number of aromatic nitrogens is 5. The van der Waals surface area contributed by atoms with Crippen molar-refractivity contribution in [2.75, 3.05) is 0 Å². The maximum atomic E-state index is 8.89. The normalized spacial score (nSPS) is 10.4. The third-order valence-electron chi connectivity index (χ3n) is 1.12. The third-order valence-corrected chi connectivity index (χ3v) is 1.12. The second kappa shape index (κ2) is 1.63. The molecule has 2 aromatic heterocycles. The fourth-order valence-electron chi connectivity index (χ4n) is 0.678. The zero-order valence-corrected chi connectivity index (χ0v) is 4.84. The van der Waals surface area contributed by atoms with Gasteiger partial charge in [-0.3, -0.25) is 0 Å². The van der Waals surface area contributed by atoms with E-state index < -0.39 is 0 Å². The Hall–Kier alpha value is -1.72. The Kier molecular flexibility index (Phi) is 0.830. The van der Waals surface area contributed by atoms with E-state index in [9.17, 15) is 0 Å². The maximum absolute atomic E-state index is 8.89. The summed E-state index contributed by atoms with van der Waals surface area (Å²) in [7, 11) is 0. The first-order valence-corrected chi connectivity index (χ1v) is 2.60. The molecule has 6 heteroatoms. The average molecular weight is 137 g/mol. The molecule has 0 amide bonds. The highest BCUT2D eigenvalue weighted by atomic mass is 16.5. The summed E-state index contributed by atoms with van der Waals surface area (Å²) in [6, 6.07) is 1.57. The van der Waals surface area contributed by atoms with E-state index in [0.717, 1.165) is 0 Å². The van der Waals surface area contributed by atoms with Crippen LogP contribution in [0.4, 0.5) is 0 Å². The highest BCUT2D eigenvalue weighted by molar-refractivity contribution is 5.67. The molecule has 0 aromatic carbocycles. The van der Waals surface area contributed by atoms with Crippen molar-refractivity contribution < 1.29 is 5.21 Å². The van der Waals surface area contributed by atoms with E-state index in [1.165, 1.54) is 6.20 Å². The van der Waals surface area contributed by atoms with Crippen molar-refractivity contribution in [3.05, 3.63) is 12.3 Å². The molecule has 0 aliphatic heterocycles. The second-order valence-electron chi connectivity index (χ2n) is 1.72. The van der Waals surface area contributed by atoms with Crippen molar-refractivity contribution in [1.82, 2.24) is 25.4 Å². The molecule has 2 aromatic rings. The van der Waals surface area contributed by atoms with E-state index in [-0.39, 0.29) is 0 Å². The summed E-state index contributed by atoms with van der Waals surface area (Å²) in [4.78, 5) is 0.657. The number of hydrogen-bond acceptors (Lipinski definition) is 5. The Morgan fingerprint density at radius 3 is 3.10 bits per heavy atom. The van der Waals surface area contributed by atoms with E-state index in [4.69, 9.17) is 5.21 Å². The van der Waals surface area contributed by atoms with Gasteiger partial charge in [0.1, 0.15) is 0 Å². The highest BCUT2D eigenvalue weighted by Gasteiger charge is 2.01. The summed E-state index contributed by atoms with van der Waals surface area (Å²) in [6.45, 7) is 0. The first-order chi connectivity index (χ1) is 4.88. The van der Waals surface area contributed by atoms with Gasteiger partial charge >= 0.3 is 0 Å². The smallest absolute Gasteiger partial charge is 0.227 e. The largest absolute Gasteiger partial charge is 0.410 e. The van der Waals surface area contributed by atoms with Crippen molar-refractivity contribution in [2.45, 2.75) is 0 Å². The predicted octanol–water partition coefficient (Wildman–Crippen LogP) is -0.541. The van der Waals surface area contributed by atoms with Gasteiger partial charge in [-0.25, -0.2) is 0 Å². The van der Waals surface area contributed by atoms with Gasteiger partial charge in [0.15, 0.2) is 5.52 Å². The van der Waals surface area contributed by atoms with E-state index >= 15 is 0 Å². The fourth-order valence-corrected chi connectivity index (χ4v) is 0.678. The molecule has 0 unspecified atom stereocenters. The van der Waals surface area contributed by atoms with Gasteiger partial charge in [-0.05, 0) is 11.3 Å². The SMILES string of the molecule is On1nnc2nnccc21. The Morgan fingerprint density at radius 2 is 2.30 bits per heavy atom. The minimum atomic E-state index is 0.338. The van der Waals surface area contributed by atoms with Crippen LogP contribution in [0, 0.1) is 0 Å². The minimum Gasteiger partial charge on any atom is -0.410 e. The Bertz CT molecular complexity index is 355. The van der Waals surface area contributed by atoms with Crippen molar-refractivity contribution in [3.63, 3.8) is 0 Å². The van der Waals surface area contributed by atoms with Crippen LogP contribution in [0.25, 0.3) is 11.2 Å². The van der Waals surface area contributed by atoms with Gasteiger partial charge in [0.25, 0.3) is 0 Å². The van der Waals surface area contributed by atoms with E-state index in [1.807, 2.05) is 0 Å². The van der Waals surface area contributed by atoms with Crippen LogP contribution >= 0.6 is 0 Å². The van der Waals surface area contributed by atoms with Crippen LogP contribution in [0.3, 0.4) is 0 Å². The molecule has 0 bridgehead atoms. The number of rotatable bonds is 0. The minimum absolute atomic E-state index is 0.338. The summed E-state index contributed by atoms with van der Waals surface area (Å²) < 4.78 is 0. The molecule has 50 valence electrons. The third kappa shape index (κ3) is 0.524. The van der Waals surface area contributed by atoms with Crippen molar-refractivity contribution in [3.8, 4) is 0 Å². The Morgan fingerprint density at radius 1 is 1.40 bits per heavy atom. The maximum Gasteiger partial charge on any atom is 0.227 e. The fraction of sp³-hybridized carbons (Fsp3) is 0. The van der Waals surface area contributed by atoms with Crippen molar-refractivity contribution >= 4 is 11.2 Å². The lowest BCUT2D eigenvalue weighted by Gasteiger charge is -1.84. The van der Waals surface area contributed by atoms with Crippen LogP contribution in [0.1, 0.15) is 0 Å². The first kappa shape index (κ1) is 5.10. The van der Waals surface area contributed by atoms with E-state index in [0.29, 0.717) is 16.0 Å². The van der Waals surface area contributed by atoms with Crippen LogP contribution in [-0.4, -0.2) is 30.6 Å². The van der Waals surface area contributed by atoms with Crippen LogP contribution < -0.4 is 0 Å². The summed E-state index contributed by atoms with van der Waals surface area (Å²) >= 11 is 0. The second-order valence-corrected chi connectivity index (χ2v) is 1.72. The summed E-state index contributed by atoms with van der Waals surface area (Å²) in [6.07, 6.45) is 1.46. The van der Waals surface area contributed by atoms with Gasteiger partial charge in [0, 0.05) is 0 Å². The molecule has 0 aliphatic carbocycles. The number of nitrogens with zero attached hydrogens (tertiary/aromatic N) is 5. The van der Waals surface area contributed by atoms with Crippen LogP contribution in [-0.2, 0) is 0 Å². The Labute approximate surface area is 55.1 Å². The molecule has 0 aliphatic rings. The first-order valence-electron chi connectivity index (χ1n) is 2.60. The molecule has 0 saturated carbocycles. The monoisotopic (exact) mass is 137 g/mol. The molecule has 0 spiro atoms. The molecule has 0 atom stereocenters. The van der Waals surface area contributed by atoms with Crippen LogP contribution in [0.15, 0.2) is 12.3 Å². The van der Waals surface area contributed by atoms with Crippen LogP contribution in [0.5, 0.6) is 0 Å². The summed E-state index contributed by atoms with van der Waals surface area (Å²) in [5.41, 5.74) is 0.792. The number of hydrogen-bond donors (Lipinski definition) is 1. The Balaban J connectivity index is 2.93. The highest BCUT2D eigenvalue weighted by Crippen LogP contribution is 2.01. The van der Waals surface area contributed by atoms with Gasteiger partial charge in [-0.15, -0.1) is 10.2 Å². The molecule has 1 N–H and O–H groups in total. The molecule has 2 heterocycles. The van der Waals surface area contributed by atoms with Gasteiger partial charge in [0.2, 0.25) is 5.65 Å². The number of fused-ring (bicyclic) bond motifs is 1. The molecule has 6 nitrogen and oxygen atoms in total. The molecule has 0 radical (unpaired) electrons. The zero-order chi connectivity index (χ0) is 6.97. The summed E-state index contributed by atoms with van der Waals surface area (Å²) in [5.74, 6) is 0. The standard InChI is InChI=1S/C4H3N5O/c10-9-3-1-2-5-6-4(3)7-8-9/h1-2,10H. The van der Waals surface area contributed by atoms with Gasteiger partial charge in [0.05, 0.1) is 6.20 Å². The molecule has 0 saturated heterocycles. The van der Waals surface area contributed by atoms with Gasteiger partial charge in [-0.1, -0.05) is 4.85 Å². The zero-order valence-electron chi connectivity index (χ0n) is 4.84. The lowest BCUT2D eigenvalue weighted by molar-refractivity contribution is 0.154. The average Bonchev–Trinajstić information content (AvgIpc) is 2.34. The quantitative estimate of drug-likeness (QED) is 0.493. The predicted molar refractivity (Wildman–Crippen MR) is 30.3 cm³/mol. The molecule has 2 rings (SSSR count). The molecular weight excluding hydrogens is 134 g/mol. The topological polar surface area (TPSA) is 76.7 Å². The van der Waals surface area contributed by atoms with E-state index in [1.54, 1.807) is 6.07 Å². The molecule has 10 heavy (non-hydrogen) atoms. The van der Waals surface area contributed by atoms with Crippen LogP contribution in [0.2, 0.25) is 0 Å².